The molecule has 0 aromatic carbocycles. The van der Waals surface area contributed by atoms with Gasteiger partial charge in [0, 0.05) is 17.3 Å². The number of aryl methyl sites for hydroxylation is 1. The van der Waals surface area contributed by atoms with Gasteiger partial charge in [0.1, 0.15) is 11.7 Å². The van der Waals surface area contributed by atoms with Gasteiger partial charge in [0.25, 0.3) is 0 Å². The maximum Gasteiger partial charge on any atom is 0.134 e. The molecule has 3 rings (SSSR count). The number of nitrogens with zero attached hydrogens (tertiary/aromatic N) is 1. The fourth-order valence-electron chi connectivity index (χ4n) is 2.31. The van der Waals surface area contributed by atoms with E-state index in [4.69, 9.17) is 5.73 Å². The number of rotatable bonds is 0. The van der Waals surface area contributed by atoms with Crippen LogP contribution in [-0.2, 0) is 12.8 Å². The third-order valence-electron chi connectivity index (χ3n) is 2.93. The van der Waals surface area contributed by atoms with Crippen LogP contribution in [0.2, 0.25) is 0 Å². The highest BCUT2D eigenvalue weighted by molar-refractivity contribution is 5.36. The van der Waals surface area contributed by atoms with Crippen molar-refractivity contribution in [2.45, 2.75) is 31.8 Å². The predicted octanol–water partition coefficient (Wildman–Crippen LogP) is -0.408. The summed E-state index contributed by atoms with van der Waals surface area (Å²) in [5.74, 6) is 0. The van der Waals surface area contributed by atoms with Crippen LogP contribution in [0.5, 0.6) is 0 Å². The van der Waals surface area contributed by atoms with Crippen LogP contribution < -0.4 is 16.4 Å². The minimum atomic E-state index is -0.0359. The number of hydrogen-bond acceptors (Lipinski definition) is 2. The van der Waals surface area contributed by atoms with Crippen LogP contribution in [-0.4, -0.2) is 11.1 Å². The average molecular weight is 175 g/mol. The highest BCUT2D eigenvalue weighted by atomic mass is 15.0. The van der Waals surface area contributed by atoms with Crippen molar-refractivity contribution >= 4 is 6.08 Å². The van der Waals surface area contributed by atoms with E-state index in [0.717, 1.165) is 11.9 Å². The summed E-state index contributed by atoms with van der Waals surface area (Å²) in [5, 5.41) is 1.33. The molecule has 3 N–H and O–H groups in total. The molecule has 0 bridgehead atoms. The molecule has 68 valence electrons. The molecule has 0 radical (unpaired) electrons. The quantitative estimate of drug-likeness (QED) is 0.553. The Kier molecular flexibility index (Phi) is 1.38. The monoisotopic (exact) mass is 175 g/mol. The second-order valence-electron chi connectivity index (χ2n) is 3.83. The second-order valence-corrected chi connectivity index (χ2v) is 3.83. The van der Waals surface area contributed by atoms with Gasteiger partial charge >= 0.3 is 0 Å². The molecule has 2 heterocycles. The molecular weight excluding hydrogens is 162 g/mol. The topological polar surface area (TPSA) is 54.2 Å². The molecule has 3 heteroatoms. The van der Waals surface area contributed by atoms with Crippen LogP contribution >= 0.6 is 0 Å². The zero-order valence-corrected chi connectivity index (χ0v) is 7.51. The lowest BCUT2D eigenvalue weighted by molar-refractivity contribution is 0.693. The van der Waals surface area contributed by atoms with Gasteiger partial charge in [0.2, 0.25) is 0 Å². The summed E-state index contributed by atoms with van der Waals surface area (Å²) < 4.78 is 0. The van der Waals surface area contributed by atoms with Crippen molar-refractivity contribution in [3.8, 4) is 0 Å². The fourth-order valence-corrected chi connectivity index (χ4v) is 2.31. The van der Waals surface area contributed by atoms with E-state index < -0.39 is 0 Å². The van der Waals surface area contributed by atoms with E-state index in [0.29, 0.717) is 0 Å². The van der Waals surface area contributed by atoms with Gasteiger partial charge in [-0.25, -0.2) is 4.99 Å². The van der Waals surface area contributed by atoms with E-state index >= 15 is 0 Å². The normalized spacial score (nSPS) is 24.5. The summed E-state index contributed by atoms with van der Waals surface area (Å²) in [5.41, 5.74) is 9.65. The Morgan fingerprint density at radius 3 is 3.31 bits per heavy atom. The molecule has 1 aliphatic carbocycles. The molecule has 1 atom stereocenters. The van der Waals surface area contributed by atoms with Crippen molar-refractivity contribution in [1.29, 1.82) is 0 Å². The minimum absolute atomic E-state index is 0.0359. The van der Waals surface area contributed by atoms with Crippen LogP contribution in [0.25, 0.3) is 6.08 Å². The number of aromatic nitrogens is 1. The second kappa shape index (κ2) is 2.45. The zero-order chi connectivity index (χ0) is 8.84. The Morgan fingerprint density at radius 1 is 1.46 bits per heavy atom. The summed E-state index contributed by atoms with van der Waals surface area (Å²) in [7, 11) is 0. The van der Waals surface area contributed by atoms with E-state index in [2.05, 4.69) is 16.1 Å². The van der Waals surface area contributed by atoms with Gasteiger partial charge in [-0.05, 0) is 24.8 Å². The number of hydrogen-bond donors (Lipinski definition) is 2. The first-order valence-corrected chi connectivity index (χ1v) is 4.88. The van der Waals surface area contributed by atoms with Gasteiger partial charge in [0.05, 0.1) is 0 Å². The summed E-state index contributed by atoms with van der Waals surface area (Å²) in [6.45, 7) is 0. The van der Waals surface area contributed by atoms with Crippen LogP contribution in [0.15, 0.2) is 4.99 Å². The van der Waals surface area contributed by atoms with E-state index in [-0.39, 0.29) is 6.17 Å². The fraction of sp³-hybridized carbons (Fsp3) is 0.500. The van der Waals surface area contributed by atoms with Crippen molar-refractivity contribution in [1.82, 2.24) is 4.98 Å². The summed E-state index contributed by atoms with van der Waals surface area (Å²) in [6.07, 6.45) is 6.76. The lowest BCUT2D eigenvalue weighted by Gasteiger charge is -2.04. The summed E-state index contributed by atoms with van der Waals surface area (Å²) in [6, 6.07) is 0. The maximum atomic E-state index is 5.75. The lowest BCUT2D eigenvalue weighted by atomic mass is 10.1. The highest BCUT2D eigenvalue weighted by Gasteiger charge is 2.17. The molecule has 0 saturated carbocycles. The molecule has 1 aliphatic heterocycles. The maximum absolute atomic E-state index is 5.75. The van der Waals surface area contributed by atoms with Crippen LogP contribution in [0.3, 0.4) is 0 Å². The van der Waals surface area contributed by atoms with Crippen LogP contribution in [0.4, 0.5) is 0 Å². The van der Waals surface area contributed by atoms with Crippen molar-refractivity contribution in [2.24, 2.45) is 10.7 Å². The van der Waals surface area contributed by atoms with Crippen LogP contribution in [0, 0.1) is 0 Å². The van der Waals surface area contributed by atoms with Crippen molar-refractivity contribution in [2.75, 3.05) is 0 Å². The molecule has 2 aliphatic rings. The Balaban J connectivity index is 2.33. The largest absolute Gasteiger partial charge is 0.343 e. The Labute approximate surface area is 76.4 Å². The van der Waals surface area contributed by atoms with Crippen LogP contribution in [0.1, 0.15) is 24.1 Å². The van der Waals surface area contributed by atoms with E-state index in [9.17, 15) is 0 Å². The molecule has 0 spiro atoms. The Bertz CT molecular complexity index is 455. The molecule has 1 aromatic rings. The van der Waals surface area contributed by atoms with Gasteiger partial charge in [0.15, 0.2) is 0 Å². The first-order chi connectivity index (χ1) is 6.34. The first-order valence-electron chi connectivity index (χ1n) is 4.88. The SMILES string of the molecule is NC1CC=c2c3c([nH]c2=N1)CCC3. The Morgan fingerprint density at radius 2 is 2.38 bits per heavy atom. The third-order valence-corrected chi connectivity index (χ3v) is 2.93. The molecule has 0 amide bonds. The average Bonchev–Trinajstić information content (AvgIpc) is 2.62. The molecule has 13 heavy (non-hydrogen) atoms. The highest BCUT2D eigenvalue weighted by Crippen LogP contribution is 2.15. The van der Waals surface area contributed by atoms with Gasteiger partial charge < -0.3 is 10.7 Å². The van der Waals surface area contributed by atoms with Crippen molar-refractivity contribution in [3.05, 3.63) is 22.0 Å². The van der Waals surface area contributed by atoms with Gasteiger partial charge in [-0.1, -0.05) is 6.08 Å². The lowest BCUT2D eigenvalue weighted by Crippen LogP contribution is -2.35. The summed E-state index contributed by atoms with van der Waals surface area (Å²) in [4.78, 5) is 7.77. The number of nitrogens with one attached hydrogen (secondary N) is 1. The predicted molar refractivity (Wildman–Crippen MR) is 50.7 cm³/mol. The van der Waals surface area contributed by atoms with E-state index in [1.807, 2.05) is 0 Å². The standard InChI is InChI=1S/C10H13N3/c11-9-5-4-7-6-2-1-3-8(6)12-10(7)13-9/h4,9H,1-3,5,11H2,(H,12,13). The van der Waals surface area contributed by atoms with Crippen molar-refractivity contribution in [3.63, 3.8) is 0 Å². The minimum Gasteiger partial charge on any atom is -0.343 e. The number of nitrogens with two attached hydrogens (primary N) is 1. The molecule has 3 nitrogen and oxygen atoms in total. The Hall–Kier alpha value is -1.09. The molecule has 1 aromatic heterocycles. The van der Waals surface area contributed by atoms with Gasteiger partial charge in [-0.15, -0.1) is 0 Å². The summed E-state index contributed by atoms with van der Waals surface area (Å²) >= 11 is 0. The van der Waals surface area contributed by atoms with E-state index in [1.165, 1.54) is 35.7 Å². The smallest absolute Gasteiger partial charge is 0.134 e. The number of aromatic amines is 1. The third kappa shape index (κ3) is 0.968. The van der Waals surface area contributed by atoms with Crippen molar-refractivity contribution < 1.29 is 0 Å². The molecule has 0 fully saturated rings. The number of fused-ring (bicyclic) bond motifs is 3. The molecule has 0 saturated heterocycles. The zero-order valence-electron chi connectivity index (χ0n) is 7.51. The van der Waals surface area contributed by atoms with Gasteiger partial charge in [-0.3, -0.25) is 0 Å². The molecular formula is C10H13N3. The number of H-pyrrole nitrogens is 1. The molecule has 1 unspecified atom stereocenters. The van der Waals surface area contributed by atoms with E-state index in [1.54, 1.807) is 0 Å². The van der Waals surface area contributed by atoms with Gasteiger partial charge in [-0.2, -0.15) is 0 Å². The first kappa shape index (κ1) is 7.33.